The maximum Gasteiger partial charge on any atom is 0.165 e. The summed E-state index contributed by atoms with van der Waals surface area (Å²) in [5, 5.41) is 17.4. The Labute approximate surface area is 87.8 Å². The van der Waals surface area contributed by atoms with Crippen molar-refractivity contribution in [2.45, 2.75) is 6.54 Å². The van der Waals surface area contributed by atoms with Crippen molar-refractivity contribution in [3.63, 3.8) is 0 Å². The Morgan fingerprint density at radius 3 is 2.60 bits per heavy atom. The van der Waals surface area contributed by atoms with Gasteiger partial charge in [-0.2, -0.15) is 5.26 Å². The van der Waals surface area contributed by atoms with Crippen LogP contribution in [0.25, 0.3) is 0 Å². The van der Waals surface area contributed by atoms with Gasteiger partial charge in [-0.3, -0.25) is 0 Å². The third-order valence-electron chi connectivity index (χ3n) is 1.95. The van der Waals surface area contributed by atoms with Crippen LogP contribution < -0.4 is 15.0 Å². The highest BCUT2D eigenvalue weighted by molar-refractivity contribution is 5.52. The van der Waals surface area contributed by atoms with E-state index in [0.29, 0.717) is 22.6 Å². The lowest BCUT2D eigenvalue weighted by Crippen LogP contribution is -2.08. The van der Waals surface area contributed by atoms with Gasteiger partial charge in [0.2, 0.25) is 0 Å². The fraction of sp³-hybridized carbons (Fsp3) is 0.300. The number of nitrogens with one attached hydrogen (secondary N) is 1. The van der Waals surface area contributed by atoms with E-state index < -0.39 is 0 Å². The highest BCUT2D eigenvalue weighted by atomic mass is 16.5. The topological polar surface area (TPSA) is 74.5 Å². The van der Waals surface area contributed by atoms with Gasteiger partial charge in [-0.05, 0) is 6.07 Å². The molecular weight excluding hydrogens is 196 g/mol. The van der Waals surface area contributed by atoms with Crippen LogP contribution in [-0.4, -0.2) is 19.4 Å². The van der Waals surface area contributed by atoms with Gasteiger partial charge < -0.3 is 14.7 Å². The molecule has 0 amide bonds. The van der Waals surface area contributed by atoms with Crippen molar-refractivity contribution >= 4 is 0 Å². The van der Waals surface area contributed by atoms with E-state index in [1.165, 1.54) is 14.2 Å². The third-order valence-corrected chi connectivity index (χ3v) is 1.95. The maximum atomic E-state index is 8.78. The number of benzene rings is 1. The molecule has 0 aromatic heterocycles. The average Bonchev–Trinajstić information content (AvgIpc) is 2.28. The van der Waals surface area contributed by atoms with Crippen molar-refractivity contribution in [1.82, 2.24) is 5.48 Å². The van der Waals surface area contributed by atoms with Gasteiger partial charge in [0.05, 0.1) is 25.9 Å². The fourth-order valence-electron chi connectivity index (χ4n) is 1.32. The number of rotatable bonds is 4. The monoisotopic (exact) mass is 208 g/mol. The first-order chi connectivity index (χ1) is 7.26. The second-order valence-electron chi connectivity index (χ2n) is 2.82. The van der Waals surface area contributed by atoms with Crippen molar-refractivity contribution in [2.75, 3.05) is 14.2 Å². The number of ether oxygens (including phenoxy) is 2. The van der Waals surface area contributed by atoms with E-state index in [-0.39, 0.29) is 6.54 Å². The molecule has 0 heterocycles. The molecule has 0 unspecified atom stereocenters. The summed E-state index contributed by atoms with van der Waals surface area (Å²) in [7, 11) is 3.00. The van der Waals surface area contributed by atoms with Crippen LogP contribution in [0, 0.1) is 11.3 Å². The Bertz CT molecular complexity index is 385. The minimum atomic E-state index is 0.190. The summed E-state index contributed by atoms with van der Waals surface area (Å²) in [6, 6.07) is 5.22. The standard InChI is InChI=1S/C10H12N2O3/c1-14-9-4-7(5-11)3-8(6-12-13)10(9)15-2/h3-4,12-13H,6H2,1-2H3. The number of nitriles is 1. The first kappa shape index (κ1) is 11.3. The highest BCUT2D eigenvalue weighted by Gasteiger charge is 2.11. The van der Waals surface area contributed by atoms with Gasteiger partial charge in [0.25, 0.3) is 0 Å². The molecule has 0 saturated heterocycles. The smallest absolute Gasteiger partial charge is 0.165 e. The minimum absolute atomic E-state index is 0.190. The zero-order chi connectivity index (χ0) is 11.3. The van der Waals surface area contributed by atoms with Crippen LogP contribution in [0.2, 0.25) is 0 Å². The SMILES string of the molecule is COc1cc(C#N)cc(CNO)c1OC. The molecule has 0 aliphatic rings. The number of nitrogens with zero attached hydrogens (tertiary/aromatic N) is 1. The summed E-state index contributed by atoms with van der Waals surface area (Å²) < 4.78 is 10.2. The van der Waals surface area contributed by atoms with Gasteiger partial charge in [0.15, 0.2) is 11.5 Å². The van der Waals surface area contributed by atoms with Crippen molar-refractivity contribution in [3.05, 3.63) is 23.3 Å². The molecule has 0 aliphatic heterocycles. The Balaban J connectivity index is 3.27. The summed E-state index contributed by atoms with van der Waals surface area (Å²) in [5.74, 6) is 0.986. The Hall–Kier alpha value is -1.77. The Morgan fingerprint density at radius 1 is 1.40 bits per heavy atom. The van der Waals surface area contributed by atoms with Gasteiger partial charge in [-0.1, -0.05) is 0 Å². The maximum absolute atomic E-state index is 8.78. The largest absolute Gasteiger partial charge is 0.493 e. The molecule has 0 fully saturated rings. The van der Waals surface area contributed by atoms with Gasteiger partial charge in [-0.25, -0.2) is 5.48 Å². The van der Waals surface area contributed by atoms with E-state index >= 15 is 0 Å². The fourth-order valence-corrected chi connectivity index (χ4v) is 1.32. The van der Waals surface area contributed by atoms with Crippen LogP contribution in [0.15, 0.2) is 12.1 Å². The van der Waals surface area contributed by atoms with E-state index in [0.717, 1.165) is 0 Å². The van der Waals surface area contributed by atoms with Crippen molar-refractivity contribution in [1.29, 1.82) is 5.26 Å². The number of hydrogen-bond acceptors (Lipinski definition) is 5. The van der Waals surface area contributed by atoms with Crippen LogP contribution in [0.1, 0.15) is 11.1 Å². The first-order valence-electron chi connectivity index (χ1n) is 4.28. The molecule has 5 nitrogen and oxygen atoms in total. The van der Waals surface area contributed by atoms with Crippen molar-refractivity contribution in [2.24, 2.45) is 0 Å². The molecule has 0 spiro atoms. The van der Waals surface area contributed by atoms with Crippen LogP contribution in [0.5, 0.6) is 11.5 Å². The Morgan fingerprint density at radius 2 is 2.13 bits per heavy atom. The predicted molar refractivity (Wildman–Crippen MR) is 52.9 cm³/mol. The number of methoxy groups -OCH3 is 2. The number of hydroxylamine groups is 1. The van der Waals surface area contributed by atoms with E-state index in [4.69, 9.17) is 19.9 Å². The molecule has 0 aliphatic carbocycles. The van der Waals surface area contributed by atoms with Gasteiger partial charge in [0.1, 0.15) is 0 Å². The lowest BCUT2D eigenvalue weighted by Gasteiger charge is -2.12. The van der Waals surface area contributed by atoms with Crippen LogP contribution in [-0.2, 0) is 6.54 Å². The summed E-state index contributed by atoms with van der Waals surface area (Å²) in [6.45, 7) is 0.190. The van der Waals surface area contributed by atoms with Gasteiger partial charge in [0, 0.05) is 18.2 Å². The highest BCUT2D eigenvalue weighted by Crippen LogP contribution is 2.32. The summed E-state index contributed by atoms with van der Waals surface area (Å²) >= 11 is 0. The molecular formula is C10H12N2O3. The first-order valence-corrected chi connectivity index (χ1v) is 4.28. The van der Waals surface area contributed by atoms with Crippen LogP contribution in [0.3, 0.4) is 0 Å². The van der Waals surface area contributed by atoms with E-state index in [2.05, 4.69) is 0 Å². The van der Waals surface area contributed by atoms with Crippen molar-refractivity contribution < 1.29 is 14.7 Å². The summed E-state index contributed by atoms with van der Waals surface area (Å²) in [5.41, 5.74) is 3.14. The van der Waals surface area contributed by atoms with Crippen molar-refractivity contribution in [3.8, 4) is 17.6 Å². The molecule has 0 atom stereocenters. The quantitative estimate of drug-likeness (QED) is 0.723. The lowest BCUT2D eigenvalue weighted by molar-refractivity contribution is 0.160. The molecule has 2 N–H and O–H groups in total. The molecule has 80 valence electrons. The predicted octanol–water partition coefficient (Wildman–Crippen LogP) is 1.05. The molecule has 1 rings (SSSR count). The molecule has 5 heteroatoms. The van der Waals surface area contributed by atoms with Gasteiger partial charge >= 0.3 is 0 Å². The number of hydrogen-bond donors (Lipinski definition) is 2. The third kappa shape index (κ3) is 2.37. The molecule has 0 radical (unpaired) electrons. The van der Waals surface area contributed by atoms with E-state index in [1.54, 1.807) is 12.1 Å². The second kappa shape index (κ2) is 5.20. The normalized spacial score (nSPS) is 9.47. The lowest BCUT2D eigenvalue weighted by atomic mass is 10.1. The molecule has 1 aromatic rings. The molecule has 1 aromatic carbocycles. The second-order valence-corrected chi connectivity index (χ2v) is 2.82. The molecule has 0 bridgehead atoms. The van der Waals surface area contributed by atoms with E-state index in [9.17, 15) is 0 Å². The zero-order valence-electron chi connectivity index (χ0n) is 8.57. The van der Waals surface area contributed by atoms with E-state index in [1.807, 2.05) is 11.5 Å². The average molecular weight is 208 g/mol. The van der Waals surface area contributed by atoms with Gasteiger partial charge in [-0.15, -0.1) is 0 Å². The zero-order valence-corrected chi connectivity index (χ0v) is 8.57. The molecule has 0 saturated carbocycles. The summed E-state index contributed by atoms with van der Waals surface area (Å²) in [6.07, 6.45) is 0. The molecule has 15 heavy (non-hydrogen) atoms. The van der Waals surface area contributed by atoms with Crippen LogP contribution in [0.4, 0.5) is 0 Å². The van der Waals surface area contributed by atoms with Crippen LogP contribution >= 0.6 is 0 Å². The Kier molecular flexibility index (Phi) is 3.92. The minimum Gasteiger partial charge on any atom is -0.493 e. The summed E-state index contributed by atoms with van der Waals surface area (Å²) in [4.78, 5) is 0.